The summed E-state index contributed by atoms with van der Waals surface area (Å²) in [4.78, 5) is 21.9. The van der Waals surface area contributed by atoms with Gasteiger partial charge < -0.3 is 10.2 Å². The number of aliphatic carboxylic acids is 1. The highest BCUT2D eigenvalue weighted by atomic mass is 19.2. The monoisotopic (exact) mass is 227 g/mol. The van der Waals surface area contributed by atoms with Crippen molar-refractivity contribution in [2.75, 3.05) is 6.61 Å². The first-order valence-electron chi connectivity index (χ1n) is 4.46. The van der Waals surface area contributed by atoms with Crippen molar-refractivity contribution < 1.29 is 24.3 Å². The first-order valence-corrected chi connectivity index (χ1v) is 4.46. The number of halogens is 1. The Morgan fingerprint density at radius 3 is 2.31 bits per heavy atom. The molecule has 0 unspecified atom stereocenters. The van der Waals surface area contributed by atoms with Crippen LogP contribution < -0.4 is 0 Å². The fourth-order valence-corrected chi connectivity index (χ4v) is 1.09. The average molecular weight is 227 g/mol. The number of carbonyl (C=O) groups excluding carboxylic acids is 1. The van der Waals surface area contributed by atoms with E-state index in [0.717, 1.165) is 0 Å². The number of aliphatic hydroxyl groups is 1. The summed E-state index contributed by atoms with van der Waals surface area (Å²) in [7, 11) is 0. The van der Waals surface area contributed by atoms with Crippen LogP contribution in [0.15, 0.2) is 30.3 Å². The third-order valence-corrected chi connectivity index (χ3v) is 1.95. The lowest BCUT2D eigenvalue weighted by atomic mass is 10.2. The zero-order valence-electron chi connectivity index (χ0n) is 8.21. The van der Waals surface area contributed by atoms with Crippen LogP contribution in [-0.2, 0) is 4.79 Å². The van der Waals surface area contributed by atoms with Crippen LogP contribution in [-0.4, -0.2) is 39.9 Å². The number of carboxylic acid groups (broad SMARTS) is 1. The molecule has 0 aliphatic heterocycles. The summed E-state index contributed by atoms with van der Waals surface area (Å²) in [5, 5.41) is 16.7. The molecule has 0 fully saturated rings. The van der Waals surface area contributed by atoms with Gasteiger partial charge in [0.2, 0.25) is 0 Å². The summed E-state index contributed by atoms with van der Waals surface area (Å²) in [5.74, 6) is -2.70. The molecule has 1 aromatic rings. The maximum Gasteiger partial charge on any atom is 0.331 e. The number of carboxylic acids is 1. The molecule has 5 nitrogen and oxygen atoms in total. The van der Waals surface area contributed by atoms with Crippen LogP contribution >= 0.6 is 0 Å². The van der Waals surface area contributed by atoms with E-state index in [-0.39, 0.29) is 5.56 Å². The maximum atomic E-state index is 13.3. The van der Waals surface area contributed by atoms with Gasteiger partial charge in [0.25, 0.3) is 5.91 Å². The Kier molecular flexibility index (Phi) is 3.96. The molecule has 16 heavy (non-hydrogen) atoms. The van der Waals surface area contributed by atoms with Crippen LogP contribution in [0.3, 0.4) is 0 Å². The van der Waals surface area contributed by atoms with E-state index in [2.05, 4.69) is 0 Å². The molecule has 6 heteroatoms. The molecule has 0 aliphatic rings. The van der Waals surface area contributed by atoms with Crippen molar-refractivity contribution in [3.63, 3.8) is 0 Å². The van der Waals surface area contributed by atoms with Crippen molar-refractivity contribution in [1.82, 2.24) is 5.12 Å². The normalized spacial score (nSPS) is 11.9. The third kappa shape index (κ3) is 2.54. The highest BCUT2D eigenvalue weighted by molar-refractivity contribution is 5.95. The SMILES string of the molecule is O=C(O)[C@H](CO)N(F)C(=O)c1ccccc1. The first-order chi connectivity index (χ1) is 7.57. The molecule has 86 valence electrons. The van der Waals surface area contributed by atoms with Gasteiger partial charge in [0.1, 0.15) is 0 Å². The van der Waals surface area contributed by atoms with E-state index in [0.29, 0.717) is 0 Å². The number of nitrogens with zero attached hydrogens (tertiary/aromatic N) is 1. The van der Waals surface area contributed by atoms with Crippen LogP contribution in [0.2, 0.25) is 0 Å². The van der Waals surface area contributed by atoms with Gasteiger partial charge in [-0.15, -0.1) is 0 Å². The van der Waals surface area contributed by atoms with Crippen LogP contribution in [0, 0.1) is 0 Å². The van der Waals surface area contributed by atoms with Gasteiger partial charge >= 0.3 is 5.97 Å². The van der Waals surface area contributed by atoms with Gasteiger partial charge in [0.15, 0.2) is 6.04 Å². The quantitative estimate of drug-likeness (QED) is 0.732. The predicted octanol–water partition coefficient (Wildman–Crippen LogP) is 0.459. The molecule has 1 aromatic carbocycles. The second kappa shape index (κ2) is 5.22. The lowest BCUT2D eigenvalue weighted by Gasteiger charge is -2.17. The number of hydrogen-bond donors (Lipinski definition) is 2. The smallest absolute Gasteiger partial charge is 0.331 e. The summed E-state index contributed by atoms with van der Waals surface area (Å²) in [5.41, 5.74) is 0.0182. The van der Waals surface area contributed by atoms with Gasteiger partial charge in [-0.05, 0) is 12.1 Å². The molecular weight excluding hydrogens is 217 g/mol. The van der Waals surface area contributed by atoms with Gasteiger partial charge in [-0.25, -0.2) is 4.79 Å². The van der Waals surface area contributed by atoms with Crippen molar-refractivity contribution >= 4 is 11.9 Å². The van der Waals surface area contributed by atoms with E-state index in [1.54, 1.807) is 6.07 Å². The highest BCUT2D eigenvalue weighted by Crippen LogP contribution is 2.09. The number of hydrogen-bond acceptors (Lipinski definition) is 3. The second-order valence-electron chi connectivity index (χ2n) is 3.02. The molecule has 0 aliphatic carbocycles. The van der Waals surface area contributed by atoms with Gasteiger partial charge in [-0.1, -0.05) is 22.7 Å². The fraction of sp³-hybridized carbons (Fsp3) is 0.200. The van der Waals surface area contributed by atoms with Gasteiger partial charge in [-0.3, -0.25) is 4.79 Å². The third-order valence-electron chi connectivity index (χ3n) is 1.95. The minimum atomic E-state index is -1.88. The second-order valence-corrected chi connectivity index (χ2v) is 3.02. The Morgan fingerprint density at radius 1 is 1.31 bits per heavy atom. The average Bonchev–Trinajstić information content (AvgIpc) is 2.29. The lowest BCUT2D eigenvalue weighted by molar-refractivity contribution is -0.150. The van der Waals surface area contributed by atoms with Gasteiger partial charge in [0.05, 0.1) is 6.61 Å². The number of amides is 1. The van der Waals surface area contributed by atoms with E-state index >= 15 is 0 Å². The van der Waals surface area contributed by atoms with Crippen molar-refractivity contribution in [3.8, 4) is 0 Å². The summed E-state index contributed by atoms with van der Waals surface area (Å²) in [6.07, 6.45) is 0. The standard InChI is InChI=1S/C10H10FNO4/c11-12(8(6-13)10(15)16)9(14)7-4-2-1-3-5-7/h1-5,8,13H,6H2,(H,15,16)/t8-/m0/s1. The van der Waals surface area contributed by atoms with Crippen molar-refractivity contribution in [3.05, 3.63) is 35.9 Å². The van der Waals surface area contributed by atoms with Crippen molar-refractivity contribution in [1.29, 1.82) is 0 Å². The van der Waals surface area contributed by atoms with Crippen molar-refractivity contribution in [2.45, 2.75) is 6.04 Å². The molecule has 1 rings (SSSR count). The lowest BCUT2D eigenvalue weighted by Crippen LogP contribution is -2.42. The number of carbonyl (C=O) groups is 2. The Balaban J connectivity index is 2.86. The highest BCUT2D eigenvalue weighted by Gasteiger charge is 2.30. The van der Waals surface area contributed by atoms with E-state index in [4.69, 9.17) is 10.2 Å². The van der Waals surface area contributed by atoms with Crippen molar-refractivity contribution in [2.24, 2.45) is 0 Å². The summed E-state index contributed by atoms with van der Waals surface area (Å²) in [6.45, 7) is -0.982. The number of benzene rings is 1. The summed E-state index contributed by atoms with van der Waals surface area (Å²) in [6, 6.07) is 5.51. The molecule has 0 bridgehead atoms. The minimum absolute atomic E-state index is 0.0182. The zero-order valence-corrected chi connectivity index (χ0v) is 8.21. The fourth-order valence-electron chi connectivity index (χ4n) is 1.09. The molecule has 1 atom stereocenters. The topological polar surface area (TPSA) is 77.8 Å². The molecule has 0 radical (unpaired) electrons. The largest absolute Gasteiger partial charge is 0.480 e. The van der Waals surface area contributed by atoms with Crippen LogP contribution in [0.4, 0.5) is 4.48 Å². The maximum absolute atomic E-state index is 13.3. The number of rotatable bonds is 4. The predicted molar refractivity (Wildman–Crippen MR) is 52.2 cm³/mol. The summed E-state index contributed by atoms with van der Waals surface area (Å²) >= 11 is 0. The molecular formula is C10H10FNO4. The summed E-state index contributed by atoms with van der Waals surface area (Å²) < 4.78 is 13.3. The molecule has 0 heterocycles. The Morgan fingerprint density at radius 2 is 1.88 bits per heavy atom. The molecule has 0 aromatic heterocycles. The Bertz CT molecular complexity index is 382. The van der Waals surface area contributed by atoms with Crippen LogP contribution in [0.1, 0.15) is 10.4 Å². The molecule has 0 saturated carbocycles. The molecule has 2 N–H and O–H groups in total. The zero-order chi connectivity index (χ0) is 12.1. The van der Waals surface area contributed by atoms with E-state index < -0.39 is 29.6 Å². The van der Waals surface area contributed by atoms with Gasteiger partial charge in [-0.2, -0.15) is 5.12 Å². The van der Waals surface area contributed by atoms with E-state index in [9.17, 15) is 14.1 Å². The van der Waals surface area contributed by atoms with E-state index in [1.165, 1.54) is 24.3 Å². The van der Waals surface area contributed by atoms with Crippen LogP contribution in [0.5, 0.6) is 0 Å². The molecule has 1 amide bonds. The van der Waals surface area contributed by atoms with E-state index in [1.807, 2.05) is 0 Å². The van der Waals surface area contributed by atoms with Gasteiger partial charge in [0, 0.05) is 5.56 Å². The Labute approximate surface area is 90.7 Å². The first kappa shape index (κ1) is 12.1. The number of aliphatic hydroxyl groups excluding tert-OH is 1. The minimum Gasteiger partial charge on any atom is -0.480 e. The molecule has 0 spiro atoms. The molecule has 0 saturated heterocycles. The van der Waals surface area contributed by atoms with Crippen LogP contribution in [0.25, 0.3) is 0 Å². The Hall–Kier alpha value is -1.95.